The molecule has 1 aromatic heterocycles. The molecule has 0 saturated heterocycles. The van der Waals surface area contributed by atoms with Crippen LogP contribution in [0.1, 0.15) is 36.8 Å². The summed E-state index contributed by atoms with van der Waals surface area (Å²) in [5.41, 5.74) is 2.18. The smallest absolute Gasteiger partial charge is 0.315 e. The van der Waals surface area contributed by atoms with Crippen LogP contribution in [0.15, 0.2) is 48.8 Å². The van der Waals surface area contributed by atoms with E-state index >= 15 is 0 Å². The van der Waals surface area contributed by atoms with Gasteiger partial charge in [0.2, 0.25) is 0 Å². The second kappa shape index (κ2) is 9.92. The zero-order valence-corrected chi connectivity index (χ0v) is 15.7. The highest BCUT2D eigenvalue weighted by Crippen LogP contribution is 2.22. The summed E-state index contributed by atoms with van der Waals surface area (Å²) in [7, 11) is 1.64. The number of hydrogen-bond donors (Lipinski definition) is 2. The van der Waals surface area contributed by atoms with E-state index in [1.165, 1.54) is 0 Å². The number of carbonyl (C=O) groups excluding carboxylic acids is 1. The van der Waals surface area contributed by atoms with E-state index in [4.69, 9.17) is 9.47 Å². The number of rotatable bonds is 7. The van der Waals surface area contributed by atoms with Gasteiger partial charge in [-0.2, -0.15) is 0 Å². The van der Waals surface area contributed by atoms with Gasteiger partial charge in [0.15, 0.2) is 0 Å². The van der Waals surface area contributed by atoms with Crippen LogP contribution >= 0.6 is 0 Å². The second-order valence-electron chi connectivity index (χ2n) is 6.82. The maximum Gasteiger partial charge on any atom is 0.315 e. The molecule has 3 rings (SSSR count). The van der Waals surface area contributed by atoms with Crippen LogP contribution in [0.3, 0.4) is 0 Å². The minimum Gasteiger partial charge on any atom is -0.497 e. The van der Waals surface area contributed by atoms with Crippen molar-refractivity contribution in [3.8, 4) is 5.75 Å². The van der Waals surface area contributed by atoms with Gasteiger partial charge in [-0.3, -0.25) is 4.98 Å². The van der Waals surface area contributed by atoms with Crippen LogP contribution < -0.4 is 15.4 Å². The van der Waals surface area contributed by atoms with Crippen molar-refractivity contribution in [2.45, 2.75) is 51.0 Å². The average Bonchev–Trinajstić information content (AvgIpc) is 2.73. The molecule has 0 spiro atoms. The highest BCUT2D eigenvalue weighted by atomic mass is 16.5. The number of aromatic nitrogens is 1. The van der Waals surface area contributed by atoms with E-state index in [9.17, 15) is 4.79 Å². The molecular formula is C21H27N3O3. The van der Waals surface area contributed by atoms with Crippen molar-refractivity contribution in [1.29, 1.82) is 0 Å². The van der Waals surface area contributed by atoms with Crippen LogP contribution in [-0.4, -0.2) is 30.3 Å². The maximum atomic E-state index is 12.1. The highest BCUT2D eigenvalue weighted by Gasteiger charge is 2.22. The molecule has 2 amide bonds. The van der Waals surface area contributed by atoms with Crippen LogP contribution in [0, 0.1) is 0 Å². The first-order valence-corrected chi connectivity index (χ1v) is 9.40. The first-order valence-electron chi connectivity index (χ1n) is 9.40. The molecule has 6 nitrogen and oxygen atoms in total. The number of ether oxygens (including phenoxy) is 2. The van der Waals surface area contributed by atoms with E-state index < -0.39 is 0 Å². The standard InChI is InChI=1S/C21H27N3O3/c1-26-19-6-2-16(3-7-19)14-23-21(25)24-18-4-8-20(9-5-18)27-15-17-10-12-22-13-11-17/h2-3,6-7,10-13,18,20H,4-5,8-9,14-15H2,1H3,(H2,23,24,25). The molecule has 0 bridgehead atoms. The van der Waals surface area contributed by atoms with Crippen LogP contribution in [-0.2, 0) is 17.9 Å². The molecule has 0 atom stereocenters. The summed E-state index contributed by atoms with van der Waals surface area (Å²) < 4.78 is 11.1. The normalized spacial score (nSPS) is 19.3. The monoisotopic (exact) mass is 369 g/mol. The SMILES string of the molecule is COc1ccc(CNC(=O)NC2CCC(OCc3ccncc3)CC2)cc1. The van der Waals surface area contributed by atoms with Crippen molar-refractivity contribution in [3.05, 3.63) is 59.9 Å². The van der Waals surface area contributed by atoms with Crippen LogP contribution in [0.5, 0.6) is 5.75 Å². The predicted molar refractivity (Wildman–Crippen MR) is 103 cm³/mol. The van der Waals surface area contributed by atoms with E-state index in [2.05, 4.69) is 15.6 Å². The Balaban J connectivity index is 1.32. The summed E-state index contributed by atoms with van der Waals surface area (Å²) in [5.74, 6) is 0.811. The van der Waals surface area contributed by atoms with Gasteiger partial charge in [0, 0.05) is 25.0 Å². The van der Waals surface area contributed by atoms with Gasteiger partial charge in [-0.15, -0.1) is 0 Å². The number of nitrogens with zero attached hydrogens (tertiary/aromatic N) is 1. The number of urea groups is 1. The minimum absolute atomic E-state index is 0.119. The van der Waals surface area contributed by atoms with Gasteiger partial charge >= 0.3 is 6.03 Å². The quantitative estimate of drug-likeness (QED) is 0.784. The average molecular weight is 369 g/mol. The van der Waals surface area contributed by atoms with Crippen molar-refractivity contribution in [1.82, 2.24) is 15.6 Å². The number of nitrogens with one attached hydrogen (secondary N) is 2. The van der Waals surface area contributed by atoms with Gasteiger partial charge in [0.1, 0.15) is 5.75 Å². The molecule has 1 aliphatic rings. The Kier molecular flexibility index (Phi) is 7.04. The summed E-state index contributed by atoms with van der Waals surface area (Å²) >= 11 is 0. The van der Waals surface area contributed by atoms with Crippen LogP contribution in [0.25, 0.3) is 0 Å². The molecule has 6 heteroatoms. The highest BCUT2D eigenvalue weighted by molar-refractivity contribution is 5.74. The van der Waals surface area contributed by atoms with Gasteiger partial charge < -0.3 is 20.1 Å². The molecule has 1 aliphatic carbocycles. The number of benzene rings is 1. The summed E-state index contributed by atoms with van der Waals surface area (Å²) in [5, 5.41) is 5.98. The largest absolute Gasteiger partial charge is 0.497 e. The zero-order chi connectivity index (χ0) is 18.9. The van der Waals surface area contributed by atoms with Crippen molar-refractivity contribution in [2.24, 2.45) is 0 Å². The molecule has 2 N–H and O–H groups in total. The molecule has 0 radical (unpaired) electrons. The summed E-state index contributed by atoms with van der Waals surface area (Å²) in [6.45, 7) is 1.12. The van der Waals surface area contributed by atoms with Crippen molar-refractivity contribution >= 4 is 6.03 Å². The fraction of sp³-hybridized carbons (Fsp3) is 0.429. The molecule has 1 saturated carbocycles. The molecular weight excluding hydrogens is 342 g/mol. The van der Waals surface area contributed by atoms with Crippen LogP contribution in [0.2, 0.25) is 0 Å². The van der Waals surface area contributed by atoms with Crippen molar-refractivity contribution < 1.29 is 14.3 Å². The first-order chi connectivity index (χ1) is 13.2. The Morgan fingerprint density at radius 2 is 1.74 bits per heavy atom. The molecule has 2 aromatic rings. The fourth-order valence-electron chi connectivity index (χ4n) is 3.23. The molecule has 0 unspecified atom stereocenters. The molecule has 27 heavy (non-hydrogen) atoms. The first kappa shape index (κ1) is 19.2. The third kappa shape index (κ3) is 6.25. The minimum atomic E-state index is -0.119. The van der Waals surface area contributed by atoms with Gasteiger partial charge in [-0.1, -0.05) is 12.1 Å². The van der Waals surface area contributed by atoms with E-state index in [1.807, 2.05) is 36.4 Å². The number of methoxy groups -OCH3 is 1. The third-order valence-electron chi connectivity index (χ3n) is 4.86. The Morgan fingerprint density at radius 1 is 1.04 bits per heavy atom. The number of amides is 2. The lowest BCUT2D eigenvalue weighted by Crippen LogP contribution is -2.44. The molecule has 1 heterocycles. The molecule has 1 aromatic carbocycles. The molecule has 1 fully saturated rings. The van der Waals surface area contributed by atoms with E-state index in [-0.39, 0.29) is 18.2 Å². The Hall–Kier alpha value is -2.60. The Labute approximate surface area is 160 Å². The molecule has 0 aliphatic heterocycles. The lowest BCUT2D eigenvalue weighted by Gasteiger charge is -2.29. The van der Waals surface area contributed by atoms with E-state index in [0.29, 0.717) is 13.2 Å². The number of carbonyl (C=O) groups is 1. The summed E-state index contributed by atoms with van der Waals surface area (Å²) in [6, 6.07) is 11.7. The van der Waals surface area contributed by atoms with Gasteiger partial charge in [-0.05, 0) is 61.1 Å². The van der Waals surface area contributed by atoms with Gasteiger partial charge in [0.25, 0.3) is 0 Å². The van der Waals surface area contributed by atoms with Crippen molar-refractivity contribution in [3.63, 3.8) is 0 Å². The zero-order valence-electron chi connectivity index (χ0n) is 15.7. The maximum absolute atomic E-state index is 12.1. The fourth-order valence-corrected chi connectivity index (χ4v) is 3.23. The van der Waals surface area contributed by atoms with Crippen molar-refractivity contribution in [2.75, 3.05) is 7.11 Å². The Morgan fingerprint density at radius 3 is 2.41 bits per heavy atom. The summed E-state index contributed by atoms with van der Waals surface area (Å²) in [4.78, 5) is 16.1. The Bertz CT molecular complexity index is 698. The summed E-state index contributed by atoms with van der Waals surface area (Å²) in [6.07, 6.45) is 7.64. The van der Waals surface area contributed by atoms with Crippen LogP contribution in [0.4, 0.5) is 4.79 Å². The van der Waals surface area contributed by atoms with E-state index in [1.54, 1.807) is 19.5 Å². The lowest BCUT2D eigenvalue weighted by molar-refractivity contribution is 0.0120. The second-order valence-corrected chi connectivity index (χ2v) is 6.82. The predicted octanol–water partition coefficient (Wildman–Crippen LogP) is 3.42. The lowest BCUT2D eigenvalue weighted by atomic mass is 9.93. The van der Waals surface area contributed by atoms with E-state index in [0.717, 1.165) is 42.6 Å². The topological polar surface area (TPSA) is 72.5 Å². The number of pyridine rings is 1. The molecule has 144 valence electrons. The third-order valence-corrected chi connectivity index (χ3v) is 4.86. The van der Waals surface area contributed by atoms with Gasteiger partial charge in [0.05, 0.1) is 19.8 Å². The van der Waals surface area contributed by atoms with Gasteiger partial charge in [-0.25, -0.2) is 4.79 Å². The number of hydrogen-bond acceptors (Lipinski definition) is 4.